The van der Waals surface area contributed by atoms with Gasteiger partial charge in [-0.15, -0.1) is 0 Å². The fraction of sp³-hybridized carbons (Fsp3) is 0.300. The van der Waals surface area contributed by atoms with Crippen LogP contribution < -0.4 is 0 Å². The molecule has 0 unspecified atom stereocenters. The Labute approximate surface area is 105 Å². The Kier molecular flexibility index (Phi) is 3.31. The van der Waals surface area contributed by atoms with E-state index in [1.807, 2.05) is 24.3 Å². The van der Waals surface area contributed by atoms with Crippen molar-refractivity contribution in [3.63, 3.8) is 0 Å². The van der Waals surface area contributed by atoms with Gasteiger partial charge in [-0.2, -0.15) is 0 Å². The molecular formula is C10H9Br2NO2. The zero-order chi connectivity index (χ0) is 10.8. The molecule has 5 heteroatoms. The molecule has 1 aliphatic heterocycles. The second-order valence-corrected chi connectivity index (χ2v) is 4.78. The van der Waals surface area contributed by atoms with Gasteiger partial charge in [0.2, 0.25) is 5.71 Å². The summed E-state index contributed by atoms with van der Waals surface area (Å²) in [6.07, 6.45) is 0.499. The molecule has 0 saturated heterocycles. The molecule has 0 aliphatic carbocycles. The normalized spacial score (nSPS) is 20.5. The lowest BCUT2D eigenvalue weighted by molar-refractivity contribution is -0.743. The van der Waals surface area contributed by atoms with Crippen molar-refractivity contribution in [1.29, 1.82) is 0 Å². The molecule has 0 amide bonds. The lowest BCUT2D eigenvalue weighted by atomic mass is 10.1. The monoisotopic (exact) mass is 333 g/mol. The van der Waals surface area contributed by atoms with Gasteiger partial charge in [0.05, 0.1) is 11.8 Å². The molecule has 2 rings (SSSR count). The molecule has 0 aromatic heterocycles. The number of halogens is 2. The molecule has 1 aromatic rings. The maximum absolute atomic E-state index is 11.3. The third kappa shape index (κ3) is 2.34. The van der Waals surface area contributed by atoms with Gasteiger partial charge in [-0.25, -0.2) is 0 Å². The summed E-state index contributed by atoms with van der Waals surface area (Å²) < 4.78 is 1.02. The van der Waals surface area contributed by atoms with E-state index < -0.39 is 0 Å². The molecule has 80 valence electrons. The fourth-order valence-electron chi connectivity index (χ4n) is 1.48. The van der Waals surface area contributed by atoms with E-state index in [2.05, 4.69) is 31.9 Å². The van der Waals surface area contributed by atoms with Crippen LogP contribution in [0.4, 0.5) is 0 Å². The quantitative estimate of drug-likeness (QED) is 0.615. The maximum atomic E-state index is 11.3. The Balaban J connectivity index is 2.13. The van der Waals surface area contributed by atoms with Gasteiger partial charge >= 0.3 is 0 Å². The smallest absolute Gasteiger partial charge is 0.234 e. The van der Waals surface area contributed by atoms with Crippen molar-refractivity contribution in [3.05, 3.63) is 39.5 Å². The Hall–Kier alpha value is -0.550. The molecule has 0 spiro atoms. The fourth-order valence-corrected chi connectivity index (χ4v) is 2.17. The minimum atomic E-state index is -0.150. The third-order valence-electron chi connectivity index (χ3n) is 2.30. The highest BCUT2D eigenvalue weighted by Gasteiger charge is 2.27. The van der Waals surface area contributed by atoms with Gasteiger partial charge < -0.3 is 4.84 Å². The third-order valence-corrected chi connectivity index (χ3v) is 3.47. The van der Waals surface area contributed by atoms with E-state index in [1.165, 1.54) is 0 Å². The average molecular weight is 335 g/mol. The van der Waals surface area contributed by atoms with Crippen molar-refractivity contribution in [2.75, 3.05) is 5.33 Å². The van der Waals surface area contributed by atoms with Gasteiger partial charge in [-0.1, -0.05) is 44.0 Å². The Bertz CT molecular complexity index is 389. The number of benzene rings is 1. The number of rotatable bonds is 2. The molecule has 3 nitrogen and oxygen atoms in total. The van der Waals surface area contributed by atoms with Crippen LogP contribution in [0.5, 0.6) is 0 Å². The standard InChI is InChI=1S/C10H9Br2NO2/c11-6-9-5-10(15-13(9)14)7-1-3-8(12)4-2-7/h1-4,10H,5-6H2/t10-/m1/s1. The molecule has 1 heterocycles. The van der Waals surface area contributed by atoms with Crippen LogP contribution in [0.25, 0.3) is 0 Å². The molecule has 0 fully saturated rings. The first-order chi connectivity index (χ1) is 7.20. The zero-order valence-corrected chi connectivity index (χ0v) is 11.0. The first kappa shape index (κ1) is 11.0. The molecular weight excluding hydrogens is 326 g/mol. The highest BCUT2D eigenvalue weighted by Crippen LogP contribution is 2.28. The van der Waals surface area contributed by atoms with Gasteiger partial charge in [0.25, 0.3) is 0 Å². The highest BCUT2D eigenvalue weighted by molar-refractivity contribution is 9.10. The molecule has 15 heavy (non-hydrogen) atoms. The Morgan fingerprint density at radius 2 is 2.07 bits per heavy atom. The second-order valence-electron chi connectivity index (χ2n) is 3.31. The van der Waals surface area contributed by atoms with Crippen LogP contribution in [0.15, 0.2) is 28.7 Å². The lowest BCUT2D eigenvalue weighted by Gasteiger charge is -2.11. The van der Waals surface area contributed by atoms with Crippen molar-refractivity contribution in [1.82, 2.24) is 0 Å². The van der Waals surface area contributed by atoms with Crippen LogP contribution in [0.3, 0.4) is 0 Å². The van der Waals surface area contributed by atoms with Gasteiger partial charge in [0, 0.05) is 9.37 Å². The van der Waals surface area contributed by atoms with Gasteiger partial charge in [-0.05, 0) is 17.7 Å². The minimum Gasteiger partial charge on any atom is -0.395 e. The summed E-state index contributed by atoms with van der Waals surface area (Å²) in [4.78, 5) is 5.80. The predicted octanol–water partition coefficient (Wildman–Crippen LogP) is 3.17. The van der Waals surface area contributed by atoms with Gasteiger partial charge in [-0.3, -0.25) is 5.21 Å². The van der Waals surface area contributed by atoms with Crippen LogP contribution in [0.2, 0.25) is 0 Å². The molecule has 0 radical (unpaired) electrons. The summed E-state index contributed by atoms with van der Waals surface area (Å²) in [7, 11) is 0. The Morgan fingerprint density at radius 1 is 1.40 bits per heavy atom. The van der Waals surface area contributed by atoms with E-state index in [0.29, 0.717) is 16.7 Å². The van der Waals surface area contributed by atoms with Crippen LogP contribution in [0.1, 0.15) is 18.1 Å². The summed E-state index contributed by atoms with van der Waals surface area (Å²) in [6, 6.07) is 7.81. The van der Waals surface area contributed by atoms with E-state index in [4.69, 9.17) is 4.84 Å². The minimum absolute atomic E-state index is 0.150. The van der Waals surface area contributed by atoms with Crippen molar-refractivity contribution in [3.8, 4) is 0 Å². The van der Waals surface area contributed by atoms with E-state index >= 15 is 0 Å². The summed E-state index contributed by atoms with van der Waals surface area (Å²) in [5.74, 6) is 0. The molecule has 1 aliphatic rings. The SMILES string of the molecule is [O-][N+]1=C(CBr)C[C@H](c2ccc(Br)cc2)O1. The second kappa shape index (κ2) is 4.53. The summed E-state index contributed by atoms with van der Waals surface area (Å²) in [6.45, 7) is 0. The van der Waals surface area contributed by atoms with Crippen LogP contribution in [0, 0.1) is 5.21 Å². The first-order valence-electron chi connectivity index (χ1n) is 4.51. The molecule has 1 atom stereocenters. The summed E-state index contributed by atoms with van der Waals surface area (Å²) in [5.41, 5.74) is 1.75. The van der Waals surface area contributed by atoms with Crippen LogP contribution in [-0.2, 0) is 4.84 Å². The average Bonchev–Trinajstić information content (AvgIpc) is 2.61. The largest absolute Gasteiger partial charge is 0.395 e. The highest BCUT2D eigenvalue weighted by atomic mass is 79.9. The molecule has 0 N–H and O–H groups in total. The van der Waals surface area contributed by atoms with E-state index in [-0.39, 0.29) is 6.10 Å². The van der Waals surface area contributed by atoms with Crippen molar-refractivity contribution in [2.45, 2.75) is 12.5 Å². The lowest BCUT2D eigenvalue weighted by Crippen LogP contribution is -2.06. The maximum Gasteiger partial charge on any atom is 0.234 e. The van der Waals surface area contributed by atoms with Crippen molar-refractivity contribution < 1.29 is 9.74 Å². The van der Waals surface area contributed by atoms with Crippen LogP contribution in [-0.4, -0.2) is 15.9 Å². The topological polar surface area (TPSA) is 35.3 Å². The number of hydrogen-bond acceptors (Lipinski definition) is 2. The first-order valence-corrected chi connectivity index (χ1v) is 6.42. The summed E-state index contributed by atoms with van der Waals surface area (Å²) in [5, 5.41) is 11.8. The summed E-state index contributed by atoms with van der Waals surface area (Å²) >= 11 is 6.63. The molecule has 0 saturated carbocycles. The molecule has 1 aromatic carbocycles. The van der Waals surface area contributed by atoms with Crippen molar-refractivity contribution >= 4 is 37.6 Å². The van der Waals surface area contributed by atoms with Crippen molar-refractivity contribution in [2.24, 2.45) is 0 Å². The number of hydrogen-bond donors (Lipinski definition) is 0. The number of nitrogens with zero attached hydrogens (tertiary/aromatic N) is 1. The Morgan fingerprint density at radius 3 is 2.60 bits per heavy atom. The van der Waals surface area contributed by atoms with Gasteiger partial charge in [0.1, 0.15) is 6.10 Å². The number of alkyl halides is 1. The predicted molar refractivity (Wildman–Crippen MR) is 65.0 cm³/mol. The molecule has 0 bridgehead atoms. The van der Waals surface area contributed by atoms with Gasteiger partial charge in [0.15, 0.2) is 0 Å². The van der Waals surface area contributed by atoms with Crippen LogP contribution >= 0.6 is 31.9 Å². The van der Waals surface area contributed by atoms with E-state index in [9.17, 15) is 5.21 Å². The van der Waals surface area contributed by atoms with E-state index in [1.54, 1.807) is 0 Å². The zero-order valence-electron chi connectivity index (χ0n) is 7.82. The van der Waals surface area contributed by atoms with E-state index in [0.717, 1.165) is 15.7 Å².